The van der Waals surface area contributed by atoms with Crippen molar-refractivity contribution in [2.45, 2.75) is 43.5 Å². The van der Waals surface area contributed by atoms with Gasteiger partial charge in [0.2, 0.25) is 10.0 Å². The maximum absolute atomic E-state index is 13.1. The molecule has 4 rings (SSSR count). The molecule has 0 bridgehead atoms. The number of benzene rings is 2. The molecule has 2 fully saturated rings. The number of piperidine rings is 2. The fourth-order valence-corrected chi connectivity index (χ4v) is 5.93. The molecular weight excluding hydrogens is 384 g/mol. The molecule has 2 aromatic rings. The van der Waals surface area contributed by atoms with E-state index < -0.39 is 10.0 Å². The lowest BCUT2D eigenvalue weighted by Crippen LogP contribution is -2.49. The Bertz CT molecular complexity index is 891. The molecule has 1 unspecified atom stereocenters. The summed E-state index contributed by atoms with van der Waals surface area (Å²) >= 11 is 0. The van der Waals surface area contributed by atoms with Gasteiger partial charge in [0.25, 0.3) is 0 Å². The molecule has 2 saturated heterocycles. The van der Waals surface area contributed by atoms with Gasteiger partial charge in [-0.15, -0.1) is 0 Å². The minimum absolute atomic E-state index is 0.336. The minimum Gasteiger partial charge on any atom is -0.457 e. The highest BCUT2D eigenvalue weighted by atomic mass is 32.2. The van der Waals surface area contributed by atoms with E-state index in [2.05, 4.69) is 11.8 Å². The van der Waals surface area contributed by atoms with Crippen LogP contribution in [0, 0.1) is 5.92 Å². The van der Waals surface area contributed by atoms with Crippen LogP contribution in [0.25, 0.3) is 0 Å². The summed E-state index contributed by atoms with van der Waals surface area (Å²) < 4.78 is 33.5. The third-order valence-corrected chi connectivity index (χ3v) is 7.98. The molecule has 0 N–H and O–H groups in total. The lowest BCUT2D eigenvalue weighted by molar-refractivity contribution is 0.0944. The van der Waals surface area contributed by atoms with Gasteiger partial charge in [0.05, 0.1) is 4.90 Å². The normalized spacial score (nSPS) is 22.4. The quantitative estimate of drug-likeness (QED) is 0.729. The Kier molecular flexibility index (Phi) is 6.23. The SMILES string of the molecule is CC1CCCN(C2CCN(S(=O)(=O)c3ccc(Oc4ccccc4)cc3)CC2)C1. The molecule has 2 aliphatic rings. The van der Waals surface area contributed by atoms with E-state index >= 15 is 0 Å². The molecule has 6 heteroatoms. The zero-order valence-electron chi connectivity index (χ0n) is 17.0. The topological polar surface area (TPSA) is 49.9 Å². The Morgan fingerprint density at radius 2 is 1.52 bits per heavy atom. The largest absolute Gasteiger partial charge is 0.457 e. The first-order valence-electron chi connectivity index (χ1n) is 10.6. The van der Waals surface area contributed by atoms with Crippen molar-refractivity contribution < 1.29 is 13.2 Å². The van der Waals surface area contributed by atoms with Crippen LogP contribution in [0.15, 0.2) is 59.5 Å². The fourth-order valence-electron chi connectivity index (χ4n) is 4.46. The Labute approximate surface area is 174 Å². The molecule has 2 aliphatic heterocycles. The number of para-hydroxylation sites is 1. The molecule has 1 atom stereocenters. The van der Waals surface area contributed by atoms with Crippen molar-refractivity contribution in [2.24, 2.45) is 5.92 Å². The van der Waals surface area contributed by atoms with Crippen LogP contribution >= 0.6 is 0 Å². The summed E-state index contributed by atoms with van der Waals surface area (Å²) in [5.41, 5.74) is 0. The summed E-state index contributed by atoms with van der Waals surface area (Å²) in [6.45, 7) is 5.82. The first kappa shape index (κ1) is 20.4. The molecule has 0 radical (unpaired) electrons. The smallest absolute Gasteiger partial charge is 0.243 e. The summed E-state index contributed by atoms with van der Waals surface area (Å²) in [5.74, 6) is 2.12. The van der Waals surface area contributed by atoms with Crippen molar-refractivity contribution in [3.63, 3.8) is 0 Å². The van der Waals surface area contributed by atoms with E-state index in [0.29, 0.717) is 29.8 Å². The van der Waals surface area contributed by atoms with Crippen molar-refractivity contribution in [2.75, 3.05) is 26.2 Å². The van der Waals surface area contributed by atoms with Gasteiger partial charge in [-0.2, -0.15) is 4.31 Å². The van der Waals surface area contributed by atoms with Gasteiger partial charge >= 0.3 is 0 Å². The second kappa shape index (κ2) is 8.86. The summed E-state index contributed by atoms with van der Waals surface area (Å²) in [7, 11) is -3.46. The zero-order chi connectivity index (χ0) is 20.3. The number of nitrogens with zero attached hydrogens (tertiary/aromatic N) is 2. The van der Waals surface area contributed by atoms with Crippen LogP contribution in [-0.2, 0) is 10.0 Å². The second-order valence-electron chi connectivity index (χ2n) is 8.26. The number of hydrogen-bond acceptors (Lipinski definition) is 4. The lowest BCUT2D eigenvalue weighted by atomic mass is 9.96. The summed E-state index contributed by atoms with van der Waals surface area (Å²) in [6, 6.07) is 16.7. The minimum atomic E-state index is -3.46. The first-order chi connectivity index (χ1) is 14.0. The molecular formula is C23H30N2O3S. The highest BCUT2D eigenvalue weighted by molar-refractivity contribution is 7.89. The van der Waals surface area contributed by atoms with Crippen LogP contribution in [0.4, 0.5) is 0 Å². The third kappa shape index (κ3) is 4.82. The average Bonchev–Trinajstić information content (AvgIpc) is 2.75. The van der Waals surface area contributed by atoms with Gasteiger partial charge in [0.15, 0.2) is 0 Å². The zero-order valence-corrected chi connectivity index (χ0v) is 17.9. The van der Waals surface area contributed by atoms with Gasteiger partial charge in [-0.1, -0.05) is 25.1 Å². The average molecular weight is 415 g/mol. The van der Waals surface area contributed by atoms with Crippen molar-refractivity contribution >= 4 is 10.0 Å². The lowest BCUT2D eigenvalue weighted by Gasteiger charge is -2.41. The Hall–Kier alpha value is -1.89. The molecule has 0 spiro atoms. The number of ether oxygens (including phenoxy) is 1. The molecule has 0 amide bonds. The standard InChI is InChI=1S/C23H30N2O3S/c1-19-6-5-15-24(18-19)20-13-16-25(17-14-20)29(26,27)23-11-9-22(10-12-23)28-21-7-3-2-4-8-21/h2-4,7-12,19-20H,5-6,13-18H2,1H3. The van der Waals surface area contributed by atoms with Crippen molar-refractivity contribution in [1.82, 2.24) is 9.21 Å². The van der Waals surface area contributed by atoms with Crippen molar-refractivity contribution in [3.05, 3.63) is 54.6 Å². The van der Waals surface area contributed by atoms with Crippen LogP contribution in [0.1, 0.15) is 32.6 Å². The Morgan fingerprint density at radius 3 is 2.17 bits per heavy atom. The molecule has 2 aromatic carbocycles. The molecule has 2 heterocycles. The second-order valence-corrected chi connectivity index (χ2v) is 10.2. The van der Waals surface area contributed by atoms with Gasteiger partial charge in [0, 0.05) is 25.7 Å². The molecule has 5 nitrogen and oxygen atoms in total. The summed E-state index contributed by atoms with van der Waals surface area (Å²) in [5, 5.41) is 0. The van der Waals surface area contributed by atoms with E-state index in [1.54, 1.807) is 28.6 Å². The van der Waals surface area contributed by atoms with E-state index in [1.165, 1.54) is 12.8 Å². The highest BCUT2D eigenvalue weighted by Crippen LogP contribution is 2.28. The van der Waals surface area contributed by atoms with E-state index in [9.17, 15) is 8.42 Å². The molecule has 29 heavy (non-hydrogen) atoms. The van der Waals surface area contributed by atoms with E-state index in [4.69, 9.17) is 4.74 Å². The maximum atomic E-state index is 13.1. The van der Waals surface area contributed by atoms with Gasteiger partial charge in [-0.25, -0.2) is 8.42 Å². The van der Waals surface area contributed by atoms with E-state index in [0.717, 1.165) is 37.6 Å². The summed E-state index contributed by atoms with van der Waals surface area (Å²) in [6.07, 6.45) is 4.41. The number of hydrogen-bond donors (Lipinski definition) is 0. The molecule has 0 aromatic heterocycles. The molecule has 0 saturated carbocycles. The van der Waals surface area contributed by atoms with Crippen molar-refractivity contribution in [1.29, 1.82) is 0 Å². The maximum Gasteiger partial charge on any atom is 0.243 e. The predicted molar refractivity (Wildman–Crippen MR) is 115 cm³/mol. The van der Waals surface area contributed by atoms with Crippen molar-refractivity contribution in [3.8, 4) is 11.5 Å². The monoisotopic (exact) mass is 414 g/mol. The fraction of sp³-hybridized carbons (Fsp3) is 0.478. The van der Waals surface area contributed by atoms with Crippen LogP contribution in [-0.4, -0.2) is 49.8 Å². The number of sulfonamides is 1. The number of rotatable bonds is 5. The first-order valence-corrected chi connectivity index (χ1v) is 12.0. The van der Waals surface area contributed by atoms with Gasteiger partial charge in [0.1, 0.15) is 11.5 Å². The van der Waals surface area contributed by atoms with E-state index in [1.807, 2.05) is 30.3 Å². The summed E-state index contributed by atoms with van der Waals surface area (Å²) in [4.78, 5) is 2.91. The van der Waals surface area contributed by atoms with Crippen LogP contribution in [0.3, 0.4) is 0 Å². The third-order valence-electron chi connectivity index (χ3n) is 6.07. The predicted octanol–water partition coefficient (Wildman–Crippen LogP) is 4.36. The molecule has 156 valence electrons. The highest BCUT2D eigenvalue weighted by Gasteiger charge is 2.32. The Balaban J connectivity index is 1.37. The molecule has 0 aliphatic carbocycles. The van der Waals surface area contributed by atoms with E-state index in [-0.39, 0.29) is 0 Å². The van der Waals surface area contributed by atoms with Gasteiger partial charge in [-0.05, 0) is 74.5 Å². The van der Waals surface area contributed by atoms with Crippen LogP contribution in [0.2, 0.25) is 0 Å². The van der Waals surface area contributed by atoms with Gasteiger partial charge < -0.3 is 9.64 Å². The Morgan fingerprint density at radius 1 is 0.862 bits per heavy atom. The van der Waals surface area contributed by atoms with Crippen LogP contribution < -0.4 is 4.74 Å². The van der Waals surface area contributed by atoms with Crippen LogP contribution in [0.5, 0.6) is 11.5 Å². The van der Waals surface area contributed by atoms with Gasteiger partial charge in [-0.3, -0.25) is 0 Å². The number of likely N-dealkylation sites (tertiary alicyclic amines) is 1.